The molecule has 1 aromatic heterocycles. The molecule has 0 bridgehead atoms. The van der Waals surface area contributed by atoms with Gasteiger partial charge in [0.25, 0.3) is 0 Å². The molecule has 1 heterocycles. The molecule has 0 saturated carbocycles. The number of imidazole rings is 1. The Morgan fingerprint density at radius 1 is 1.43 bits per heavy atom. The molecule has 3 nitrogen and oxygen atoms in total. The number of hydrogen-bond donors (Lipinski definition) is 1. The summed E-state index contributed by atoms with van der Waals surface area (Å²) in [6.45, 7) is 0. The lowest BCUT2D eigenvalue weighted by Gasteiger charge is -2.03. The predicted octanol–water partition coefficient (Wildman–Crippen LogP) is 2.45. The molecule has 0 aliphatic heterocycles. The van der Waals surface area contributed by atoms with Crippen LogP contribution in [0.1, 0.15) is 0 Å². The lowest BCUT2D eigenvalue weighted by atomic mass is 10.2. The summed E-state index contributed by atoms with van der Waals surface area (Å²) in [6, 6.07) is 5.04. The van der Waals surface area contributed by atoms with Crippen LogP contribution in [-0.4, -0.2) is 14.7 Å². The molecule has 1 aromatic carbocycles. The Labute approximate surface area is 86.6 Å². The predicted molar refractivity (Wildman–Crippen MR) is 55.3 cm³/mol. The van der Waals surface area contributed by atoms with E-state index in [1.807, 2.05) is 17.8 Å². The number of phenols is 1. The lowest BCUT2D eigenvalue weighted by Crippen LogP contribution is -1.90. The highest BCUT2D eigenvalue weighted by Gasteiger charge is 2.05. The van der Waals surface area contributed by atoms with Gasteiger partial charge in [-0.2, -0.15) is 0 Å². The molecule has 0 unspecified atom stereocenters. The Balaban J connectivity index is 2.53. The van der Waals surface area contributed by atoms with Gasteiger partial charge in [0, 0.05) is 25.0 Å². The number of aromatic nitrogens is 2. The van der Waals surface area contributed by atoms with E-state index < -0.39 is 0 Å². The van der Waals surface area contributed by atoms with Gasteiger partial charge in [0.05, 0.1) is 5.02 Å². The number of aromatic hydroxyl groups is 1. The van der Waals surface area contributed by atoms with E-state index in [0.717, 1.165) is 11.4 Å². The minimum Gasteiger partial charge on any atom is -0.506 e. The maximum Gasteiger partial charge on any atom is 0.139 e. The van der Waals surface area contributed by atoms with Gasteiger partial charge in [0.1, 0.15) is 11.6 Å². The van der Waals surface area contributed by atoms with Gasteiger partial charge < -0.3 is 9.67 Å². The molecule has 4 heteroatoms. The summed E-state index contributed by atoms with van der Waals surface area (Å²) in [7, 11) is 1.91. The molecule has 0 aliphatic carbocycles. The van der Waals surface area contributed by atoms with E-state index >= 15 is 0 Å². The van der Waals surface area contributed by atoms with Crippen molar-refractivity contribution in [2.24, 2.45) is 7.05 Å². The van der Waals surface area contributed by atoms with Crippen LogP contribution in [0.4, 0.5) is 0 Å². The van der Waals surface area contributed by atoms with Gasteiger partial charge in [0.2, 0.25) is 0 Å². The molecule has 0 amide bonds. The number of phenolic OH excluding ortho intramolecular Hbond substituents is 1. The van der Waals surface area contributed by atoms with E-state index in [1.54, 1.807) is 24.4 Å². The van der Waals surface area contributed by atoms with E-state index in [-0.39, 0.29) is 5.75 Å². The molecule has 0 saturated heterocycles. The maximum atomic E-state index is 9.25. The van der Waals surface area contributed by atoms with Gasteiger partial charge in [-0.1, -0.05) is 11.6 Å². The van der Waals surface area contributed by atoms with Crippen LogP contribution >= 0.6 is 11.6 Å². The summed E-state index contributed by atoms with van der Waals surface area (Å²) in [4.78, 5) is 4.18. The summed E-state index contributed by atoms with van der Waals surface area (Å²) in [5.41, 5.74) is 0.889. The molecule has 72 valence electrons. The van der Waals surface area contributed by atoms with Crippen molar-refractivity contribution in [3.05, 3.63) is 35.6 Å². The van der Waals surface area contributed by atoms with Crippen molar-refractivity contribution in [1.82, 2.24) is 9.55 Å². The fourth-order valence-corrected chi connectivity index (χ4v) is 1.47. The highest BCUT2D eigenvalue weighted by molar-refractivity contribution is 6.32. The Morgan fingerprint density at radius 3 is 2.79 bits per heavy atom. The van der Waals surface area contributed by atoms with Gasteiger partial charge in [-0.25, -0.2) is 4.98 Å². The molecular weight excluding hydrogens is 200 g/mol. The molecule has 0 fully saturated rings. The maximum absolute atomic E-state index is 9.25. The van der Waals surface area contributed by atoms with Gasteiger partial charge in [-0.3, -0.25) is 0 Å². The largest absolute Gasteiger partial charge is 0.506 e. The molecule has 0 atom stereocenters. The fourth-order valence-electron chi connectivity index (χ4n) is 1.29. The zero-order valence-corrected chi connectivity index (χ0v) is 8.36. The number of hydrogen-bond acceptors (Lipinski definition) is 2. The van der Waals surface area contributed by atoms with Gasteiger partial charge in [-0.05, 0) is 18.2 Å². The molecule has 14 heavy (non-hydrogen) atoms. The van der Waals surface area contributed by atoms with Crippen molar-refractivity contribution in [2.45, 2.75) is 0 Å². The quantitative estimate of drug-likeness (QED) is 0.782. The van der Waals surface area contributed by atoms with Crippen LogP contribution in [0.25, 0.3) is 11.4 Å². The third kappa shape index (κ3) is 1.46. The highest BCUT2D eigenvalue weighted by Crippen LogP contribution is 2.28. The number of aryl methyl sites for hydroxylation is 1. The fraction of sp³-hybridized carbons (Fsp3) is 0.100. The first-order chi connectivity index (χ1) is 6.68. The topological polar surface area (TPSA) is 38.0 Å². The smallest absolute Gasteiger partial charge is 0.139 e. The van der Waals surface area contributed by atoms with Crippen LogP contribution in [0.3, 0.4) is 0 Å². The average molecular weight is 209 g/mol. The molecule has 1 N–H and O–H groups in total. The van der Waals surface area contributed by atoms with Crippen molar-refractivity contribution in [3.63, 3.8) is 0 Å². The number of halogens is 1. The third-order valence-corrected chi connectivity index (χ3v) is 2.33. The Hall–Kier alpha value is -1.48. The summed E-state index contributed by atoms with van der Waals surface area (Å²) in [5.74, 6) is 0.913. The molecule has 0 radical (unpaired) electrons. The molecule has 0 spiro atoms. The zero-order chi connectivity index (χ0) is 10.1. The molecular formula is C10H9ClN2O. The summed E-state index contributed by atoms with van der Waals surface area (Å²) < 4.78 is 1.89. The minimum atomic E-state index is 0.0876. The second kappa shape index (κ2) is 3.35. The lowest BCUT2D eigenvalue weighted by molar-refractivity contribution is 0.475. The normalized spacial score (nSPS) is 10.4. The summed E-state index contributed by atoms with van der Waals surface area (Å²) >= 11 is 5.80. The first-order valence-electron chi connectivity index (χ1n) is 4.14. The molecule has 2 aromatic rings. The van der Waals surface area contributed by atoms with Crippen molar-refractivity contribution in [2.75, 3.05) is 0 Å². The second-order valence-corrected chi connectivity index (χ2v) is 3.44. The average Bonchev–Trinajstić information content (AvgIpc) is 2.57. The second-order valence-electron chi connectivity index (χ2n) is 3.03. The van der Waals surface area contributed by atoms with Crippen LogP contribution in [0.2, 0.25) is 5.02 Å². The highest BCUT2D eigenvalue weighted by atomic mass is 35.5. The first kappa shape index (κ1) is 9.09. The van der Waals surface area contributed by atoms with E-state index in [2.05, 4.69) is 4.98 Å². The molecule has 2 rings (SSSR count). The monoisotopic (exact) mass is 208 g/mol. The van der Waals surface area contributed by atoms with E-state index in [4.69, 9.17) is 11.6 Å². The Bertz CT molecular complexity index is 465. The van der Waals surface area contributed by atoms with Crippen LogP contribution in [0, 0.1) is 0 Å². The van der Waals surface area contributed by atoms with Crippen LogP contribution in [-0.2, 0) is 7.05 Å². The number of benzene rings is 1. The van der Waals surface area contributed by atoms with Crippen LogP contribution in [0.15, 0.2) is 30.6 Å². The summed E-state index contributed by atoms with van der Waals surface area (Å²) in [6.07, 6.45) is 3.58. The minimum absolute atomic E-state index is 0.0876. The van der Waals surface area contributed by atoms with Crippen molar-refractivity contribution < 1.29 is 5.11 Å². The van der Waals surface area contributed by atoms with E-state index in [0.29, 0.717) is 5.02 Å². The first-order valence-corrected chi connectivity index (χ1v) is 4.52. The third-order valence-electron chi connectivity index (χ3n) is 2.03. The Kier molecular flexibility index (Phi) is 2.17. The van der Waals surface area contributed by atoms with Crippen LogP contribution in [0.5, 0.6) is 5.75 Å². The van der Waals surface area contributed by atoms with Crippen molar-refractivity contribution >= 4 is 11.6 Å². The standard InChI is InChI=1S/C10H9ClN2O/c1-13-5-4-12-10(13)7-2-3-9(14)8(11)6-7/h2-6,14H,1H3. The SMILES string of the molecule is Cn1ccnc1-c1ccc(O)c(Cl)c1. The number of nitrogens with zero attached hydrogens (tertiary/aromatic N) is 2. The Morgan fingerprint density at radius 2 is 2.21 bits per heavy atom. The van der Waals surface area contributed by atoms with Crippen LogP contribution < -0.4 is 0 Å². The number of rotatable bonds is 1. The van der Waals surface area contributed by atoms with E-state index in [9.17, 15) is 5.11 Å². The van der Waals surface area contributed by atoms with Gasteiger partial charge >= 0.3 is 0 Å². The van der Waals surface area contributed by atoms with Crippen molar-refractivity contribution in [1.29, 1.82) is 0 Å². The van der Waals surface area contributed by atoms with Crippen molar-refractivity contribution in [3.8, 4) is 17.1 Å². The zero-order valence-electron chi connectivity index (χ0n) is 7.61. The molecule has 0 aliphatic rings. The van der Waals surface area contributed by atoms with Gasteiger partial charge in [-0.15, -0.1) is 0 Å². The van der Waals surface area contributed by atoms with E-state index in [1.165, 1.54) is 0 Å². The van der Waals surface area contributed by atoms with Gasteiger partial charge in [0.15, 0.2) is 0 Å². The summed E-state index contributed by atoms with van der Waals surface area (Å²) in [5, 5.41) is 9.59.